The Hall–Kier alpha value is -4.87. The van der Waals surface area contributed by atoms with E-state index < -0.39 is 5.97 Å². The lowest BCUT2D eigenvalue weighted by molar-refractivity contribution is -0.132. The summed E-state index contributed by atoms with van der Waals surface area (Å²) in [5, 5.41) is 19.4. The summed E-state index contributed by atoms with van der Waals surface area (Å²) in [6, 6.07) is 12.0. The lowest BCUT2D eigenvalue weighted by atomic mass is 10.1. The molecule has 0 spiro atoms. The molecule has 1 unspecified atom stereocenters. The zero-order valence-electron chi connectivity index (χ0n) is 21.5. The van der Waals surface area contributed by atoms with Crippen LogP contribution < -0.4 is 15.8 Å². The van der Waals surface area contributed by atoms with Crippen molar-refractivity contribution in [2.45, 2.75) is 38.6 Å². The zero-order valence-corrected chi connectivity index (χ0v) is 21.5. The second kappa shape index (κ2) is 10.9. The first kappa shape index (κ1) is 25.8. The molecule has 5 rings (SSSR count). The van der Waals surface area contributed by atoms with Gasteiger partial charge in [0.15, 0.2) is 5.96 Å². The Bertz CT molecular complexity index is 1540. The molecular formula is C27H30N8O4. The molecule has 1 atom stereocenters. The molecule has 202 valence electrons. The van der Waals surface area contributed by atoms with Crippen LogP contribution in [0.1, 0.15) is 59.1 Å². The number of aromatic nitrogens is 4. The van der Waals surface area contributed by atoms with Crippen LogP contribution in [0.4, 0.5) is 5.69 Å². The largest absolute Gasteiger partial charge is 0.493 e. The minimum atomic E-state index is -1.05. The Morgan fingerprint density at radius 3 is 2.79 bits per heavy atom. The van der Waals surface area contributed by atoms with Gasteiger partial charge in [-0.1, -0.05) is 12.1 Å². The number of nitrogens with two attached hydrogens (primary N) is 1. The fourth-order valence-corrected chi connectivity index (χ4v) is 4.66. The van der Waals surface area contributed by atoms with Crippen molar-refractivity contribution >= 4 is 34.6 Å². The summed E-state index contributed by atoms with van der Waals surface area (Å²) in [5.41, 5.74) is 9.73. The lowest BCUT2D eigenvalue weighted by Gasteiger charge is -2.26. The quantitative estimate of drug-likeness (QED) is 0.108. The average Bonchev–Trinajstić information content (AvgIpc) is 3.54. The number of nitrogens with zero attached hydrogens (tertiary/aromatic N) is 3. The van der Waals surface area contributed by atoms with Crippen LogP contribution in [0.15, 0.2) is 42.5 Å². The number of aromatic amines is 2. The average molecular weight is 531 g/mol. The Morgan fingerprint density at radius 1 is 1.21 bits per heavy atom. The fraction of sp³-hybridized carbons (Fsp3) is 0.296. The van der Waals surface area contributed by atoms with E-state index >= 15 is 0 Å². The molecular weight excluding hydrogens is 500 g/mol. The Morgan fingerprint density at radius 2 is 2.00 bits per heavy atom. The van der Waals surface area contributed by atoms with Crippen molar-refractivity contribution in [1.29, 1.82) is 5.41 Å². The van der Waals surface area contributed by atoms with E-state index in [-0.39, 0.29) is 30.0 Å². The molecule has 2 aromatic heterocycles. The standard InChI is InChI=1S/C27H30N8O4/c1-15(24-31-18-9-8-16(30-27(28)29)13-20(18)33-24)25-32-19-10-11-35(14-21(19)34-25)23(36)7-4-12-39-22-6-3-2-5-17(22)26(37)38/h2-3,5-6,8-9,13,15H,4,7,10-12,14H2,1H3,(H,31,33)(H,32,34)(H,37,38)(H4,28,29,30). The van der Waals surface area contributed by atoms with E-state index in [1.165, 1.54) is 6.07 Å². The highest BCUT2D eigenvalue weighted by molar-refractivity contribution is 5.92. The minimum Gasteiger partial charge on any atom is -0.493 e. The number of rotatable bonds is 9. The predicted octanol–water partition coefficient (Wildman–Crippen LogP) is 3.19. The summed E-state index contributed by atoms with van der Waals surface area (Å²) in [5.74, 6) is 0.546. The van der Waals surface area contributed by atoms with Crippen molar-refractivity contribution in [2.75, 3.05) is 18.5 Å². The molecule has 12 nitrogen and oxygen atoms in total. The van der Waals surface area contributed by atoms with Crippen LogP contribution in [0, 0.1) is 5.41 Å². The zero-order chi connectivity index (χ0) is 27.5. The van der Waals surface area contributed by atoms with Crippen molar-refractivity contribution in [3.05, 3.63) is 71.1 Å². The van der Waals surface area contributed by atoms with Gasteiger partial charge in [0.1, 0.15) is 23.0 Å². The van der Waals surface area contributed by atoms with Gasteiger partial charge >= 0.3 is 5.97 Å². The molecule has 0 fully saturated rings. The number of carbonyl (C=O) groups excluding carboxylic acids is 1. The fourth-order valence-electron chi connectivity index (χ4n) is 4.66. The van der Waals surface area contributed by atoms with Crippen molar-refractivity contribution in [3.8, 4) is 5.75 Å². The van der Waals surface area contributed by atoms with Crippen LogP contribution >= 0.6 is 0 Å². The molecule has 12 heteroatoms. The van der Waals surface area contributed by atoms with Gasteiger partial charge in [-0.2, -0.15) is 0 Å². The van der Waals surface area contributed by atoms with Crippen molar-refractivity contribution in [1.82, 2.24) is 24.8 Å². The maximum absolute atomic E-state index is 12.8. The first-order chi connectivity index (χ1) is 18.8. The summed E-state index contributed by atoms with van der Waals surface area (Å²) in [6.07, 6.45) is 1.47. The molecule has 3 heterocycles. The second-order valence-corrected chi connectivity index (χ2v) is 9.48. The highest BCUT2D eigenvalue weighted by Crippen LogP contribution is 2.27. The number of carboxylic acids is 1. The second-order valence-electron chi connectivity index (χ2n) is 9.48. The molecule has 0 radical (unpaired) electrons. The van der Waals surface area contributed by atoms with E-state index in [1.807, 2.05) is 25.1 Å². The number of benzene rings is 2. The van der Waals surface area contributed by atoms with E-state index in [2.05, 4.69) is 15.3 Å². The van der Waals surface area contributed by atoms with Crippen LogP contribution in [0.2, 0.25) is 0 Å². The van der Waals surface area contributed by atoms with Gasteiger partial charge < -0.3 is 35.8 Å². The summed E-state index contributed by atoms with van der Waals surface area (Å²) < 4.78 is 5.61. The number of fused-ring (bicyclic) bond motifs is 2. The maximum atomic E-state index is 12.8. The number of aromatic carboxylic acids is 1. The van der Waals surface area contributed by atoms with Crippen LogP contribution in [0.3, 0.4) is 0 Å². The number of hydrogen-bond acceptors (Lipinski definition) is 6. The number of imidazole rings is 2. The van der Waals surface area contributed by atoms with Gasteiger partial charge in [-0.3, -0.25) is 10.2 Å². The number of amides is 1. The monoisotopic (exact) mass is 530 g/mol. The minimum absolute atomic E-state index is 0.0145. The van der Waals surface area contributed by atoms with E-state index in [1.54, 1.807) is 23.1 Å². The highest BCUT2D eigenvalue weighted by Gasteiger charge is 2.26. The number of carbonyl (C=O) groups is 2. The van der Waals surface area contributed by atoms with Gasteiger partial charge in [0.25, 0.3) is 0 Å². The third kappa shape index (κ3) is 5.69. The van der Waals surface area contributed by atoms with Gasteiger partial charge in [-0.25, -0.2) is 14.8 Å². The first-order valence-electron chi connectivity index (χ1n) is 12.7. The summed E-state index contributed by atoms with van der Waals surface area (Å²) >= 11 is 0. The topological polar surface area (TPSA) is 186 Å². The number of guanidine groups is 1. The molecule has 1 aliphatic heterocycles. The Kier molecular flexibility index (Phi) is 7.17. The van der Waals surface area contributed by atoms with Crippen LogP contribution in [-0.4, -0.2) is 60.9 Å². The smallest absolute Gasteiger partial charge is 0.339 e. The lowest BCUT2D eigenvalue weighted by Crippen LogP contribution is -2.36. The molecule has 0 bridgehead atoms. The van der Waals surface area contributed by atoms with Gasteiger partial charge in [-0.15, -0.1) is 0 Å². The van der Waals surface area contributed by atoms with Crippen LogP contribution in [-0.2, 0) is 17.8 Å². The van der Waals surface area contributed by atoms with Gasteiger partial charge in [0.2, 0.25) is 5.91 Å². The molecule has 1 amide bonds. The predicted molar refractivity (Wildman–Crippen MR) is 145 cm³/mol. The molecule has 39 heavy (non-hydrogen) atoms. The molecule has 2 aromatic carbocycles. The third-order valence-corrected chi connectivity index (χ3v) is 6.72. The van der Waals surface area contributed by atoms with Crippen LogP contribution in [0.5, 0.6) is 5.75 Å². The summed E-state index contributed by atoms with van der Waals surface area (Å²) in [6.45, 7) is 3.30. The SMILES string of the molecule is CC(c1nc2c([nH]1)CCN(C(=O)CCCOc1ccccc1C(=O)O)C2)c1nc2cc(NC(=N)N)ccc2[nH]1. The normalized spacial score (nSPS) is 13.6. The molecule has 1 aliphatic rings. The number of ether oxygens (including phenoxy) is 1. The number of nitrogens with one attached hydrogen (secondary N) is 4. The first-order valence-corrected chi connectivity index (χ1v) is 12.7. The Labute approximate surface area is 224 Å². The number of anilines is 1. The van der Waals surface area contributed by atoms with Gasteiger partial charge in [0, 0.05) is 30.8 Å². The molecule has 0 saturated heterocycles. The van der Waals surface area contributed by atoms with Crippen molar-refractivity contribution in [2.24, 2.45) is 5.73 Å². The number of H-pyrrole nitrogens is 2. The van der Waals surface area contributed by atoms with Crippen LogP contribution in [0.25, 0.3) is 11.0 Å². The third-order valence-electron chi connectivity index (χ3n) is 6.72. The number of para-hydroxylation sites is 1. The van der Waals surface area contributed by atoms with Crippen molar-refractivity contribution < 1.29 is 19.4 Å². The van der Waals surface area contributed by atoms with Gasteiger partial charge in [0.05, 0.1) is 35.8 Å². The molecule has 0 aliphatic carbocycles. The van der Waals surface area contributed by atoms with Gasteiger partial charge in [-0.05, 0) is 43.7 Å². The van der Waals surface area contributed by atoms with E-state index in [0.29, 0.717) is 43.8 Å². The molecule has 4 aromatic rings. The summed E-state index contributed by atoms with van der Waals surface area (Å²) in [4.78, 5) is 42.2. The maximum Gasteiger partial charge on any atom is 0.339 e. The molecule has 7 N–H and O–H groups in total. The molecule has 0 saturated carbocycles. The Balaban J connectivity index is 1.18. The van der Waals surface area contributed by atoms with E-state index in [4.69, 9.17) is 25.8 Å². The number of hydrogen-bond donors (Lipinski definition) is 6. The van der Waals surface area contributed by atoms with Crippen molar-refractivity contribution in [3.63, 3.8) is 0 Å². The van der Waals surface area contributed by atoms with E-state index in [0.717, 1.165) is 34.1 Å². The highest BCUT2D eigenvalue weighted by atomic mass is 16.5. The number of carboxylic acid groups (broad SMARTS) is 1. The van der Waals surface area contributed by atoms with E-state index in [9.17, 15) is 14.7 Å². The summed E-state index contributed by atoms with van der Waals surface area (Å²) in [7, 11) is 0.